The van der Waals surface area contributed by atoms with Gasteiger partial charge in [0, 0.05) is 13.5 Å². The van der Waals surface area contributed by atoms with Gasteiger partial charge >= 0.3 is 5.97 Å². The minimum absolute atomic E-state index is 0.0986. The van der Waals surface area contributed by atoms with Gasteiger partial charge in [0.25, 0.3) is 0 Å². The van der Waals surface area contributed by atoms with Crippen LogP contribution in [0.4, 0.5) is 0 Å². The van der Waals surface area contributed by atoms with Crippen molar-refractivity contribution in [2.75, 3.05) is 6.61 Å². The molecular formula is C15H24O3. The Morgan fingerprint density at radius 3 is 2.33 bits per heavy atom. The smallest absolute Gasteiger partial charge is 0.308 e. The summed E-state index contributed by atoms with van der Waals surface area (Å²) in [6.45, 7) is 9.42. The van der Waals surface area contributed by atoms with Crippen LogP contribution < -0.4 is 4.74 Å². The molecule has 0 fully saturated rings. The third kappa shape index (κ3) is 5.82. The van der Waals surface area contributed by atoms with Gasteiger partial charge in [0.1, 0.15) is 5.75 Å². The maximum Gasteiger partial charge on any atom is 0.308 e. The molecule has 18 heavy (non-hydrogen) atoms. The number of hydrogen-bond donors (Lipinski definition) is 1. The number of ether oxygens (including phenoxy) is 1. The van der Waals surface area contributed by atoms with Crippen molar-refractivity contribution < 1.29 is 14.6 Å². The minimum Gasteiger partial charge on any atom is -0.426 e. The summed E-state index contributed by atoms with van der Waals surface area (Å²) in [4.78, 5) is 10.9. The first kappa shape index (κ1) is 16.6. The Bertz CT molecular complexity index is 370. The van der Waals surface area contributed by atoms with Crippen LogP contribution in [0.1, 0.15) is 40.2 Å². The molecule has 1 rings (SSSR count). The Morgan fingerprint density at radius 1 is 1.28 bits per heavy atom. The lowest BCUT2D eigenvalue weighted by atomic mass is 9.86. The Kier molecular flexibility index (Phi) is 7.29. The SMILES string of the molecule is CC.CC(=O)Oc1ccccc1CC(C)(C)CO. The van der Waals surface area contributed by atoms with Gasteiger partial charge in [-0.2, -0.15) is 0 Å². The van der Waals surface area contributed by atoms with Crippen molar-refractivity contribution in [1.82, 2.24) is 0 Å². The molecule has 0 aromatic heterocycles. The van der Waals surface area contributed by atoms with E-state index in [2.05, 4.69) is 0 Å². The fourth-order valence-electron chi connectivity index (χ4n) is 1.48. The van der Waals surface area contributed by atoms with Gasteiger partial charge in [-0.05, 0) is 23.5 Å². The van der Waals surface area contributed by atoms with Crippen molar-refractivity contribution in [2.24, 2.45) is 5.41 Å². The average Bonchev–Trinajstić information content (AvgIpc) is 2.33. The van der Waals surface area contributed by atoms with Crippen molar-refractivity contribution in [3.05, 3.63) is 29.8 Å². The fourth-order valence-corrected chi connectivity index (χ4v) is 1.48. The van der Waals surface area contributed by atoms with Gasteiger partial charge < -0.3 is 9.84 Å². The summed E-state index contributed by atoms with van der Waals surface area (Å²) in [6.07, 6.45) is 0.674. The Hall–Kier alpha value is -1.35. The van der Waals surface area contributed by atoms with Gasteiger partial charge in [0.15, 0.2) is 0 Å². The first-order valence-electron chi connectivity index (χ1n) is 6.32. The van der Waals surface area contributed by atoms with Crippen LogP contribution in [0.5, 0.6) is 5.75 Å². The normalized spacial score (nSPS) is 10.3. The highest BCUT2D eigenvalue weighted by Gasteiger charge is 2.19. The van der Waals surface area contributed by atoms with Gasteiger partial charge in [-0.15, -0.1) is 0 Å². The van der Waals surface area contributed by atoms with E-state index in [0.29, 0.717) is 12.2 Å². The van der Waals surface area contributed by atoms with E-state index in [1.54, 1.807) is 6.07 Å². The number of carbonyl (C=O) groups is 1. The molecule has 102 valence electrons. The Labute approximate surface area is 110 Å². The molecule has 0 unspecified atom stereocenters. The number of aliphatic hydroxyl groups is 1. The molecule has 1 N–H and O–H groups in total. The molecule has 0 amide bonds. The third-order valence-corrected chi connectivity index (χ3v) is 2.32. The molecule has 0 aliphatic heterocycles. The van der Waals surface area contributed by atoms with Gasteiger partial charge in [0.2, 0.25) is 0 Å². The second-order valence-electron chi connectivity index (χ2n) is 4.70. The second-order valence-corrected chi connectivity index (χ2v) is 4.70. The molecule has 0 bridgehead atoms. The van der Waals surface area contributed by atoms with Crippen LogP contribution in [0.15, 0.2) is 24.3 Å². The van der Waals surface area contributed by atoms with Gasteiger partial charge in [-0.3, -0.25) is 4.79 Å². The van der Waals surface area contributed by atoms with Crippen molar-refractivity contribution in [3.63, 3.8) is 0 Å². The lowest BCUT2D eigenvalue weighted by Crippen LogP contribution is -2.20. The molecule has 0 heterocycles. The highest BCUT2D eigenvalue weighted by molar-refractivity contribution is 5.69. The lowest BCUT2D eigenvalue weighted by molar-refractivity contribution is -0.131. The minimum atomic E-state index is -0.325. The average molecular weight is 252 g/mol. The summed E-state index contributed by atoms with van der Waals surface area (Å²) in [5.41, 5.74) is 0.729. The topological polar surface area (TPSA) is 46.5 Å². The first-order chi connectivity index (χ1) is 8.44. The van der Waals surface area contributed by atoms with Crippen LogP contribution in [-0.2, 0) is 11.2 Å². The van der Waals surface area contributed by atoms with Crippen LogP contribution in [0.3, 0.4) is 0 Å². The maximum absolute atomic E-state index is 10.9. The zero-order chi connectivity index (χ0) is 14.2. The summed E-state index contributed by atoms with van der Waals surface area (Å²) in [6, 6.07) is 7.41. The Balaban J connectivity index is 0.00000137. The summed E-state index contributed by atoms with van der Waals surface area (Å²) < 4.78 is 5.12. The standard InChI is InChI=1S/C13H18O3.C2H6/c1-10(15)16-12-7-5-4-6-11(12)8-13(2,3)9-14;1-2/h4-7,14H,8-9H2,1-3H3;1-2H3. The summed E-state index contributed by atoms with van der Waals surface area (Å²) in [7, 11) is 0. The lowest BCUT2D eigenvalue weighted by Gasteiger charge is -2.22. The number of carbonyl (C=O) groups excluding carboxylic acids is 1. The van der Waals surface area contributed by atoms with Crippen LogP contribution in [0.2, 0.25) is 0 Å². The van der Waals surface area contributed by atoms with E-state index < -0.39 is 0 Å². The summed E-state index contributed by atoms with van der Waals surface area (Å²) in [5, 5.41) is 9.22. The number of esters is 1. The predicted molar refractivity (Wildman–Crippen MR) is 73.7 cm³/mol. The van der Waals surface area contributed by atoms with Crippen LogP contribution in [-0.4, -0.2) is 17.7 Å². The molecule has 0 saturated carbocycles. The fraction of sp³-hybridized carbons (Fsp3) is 0.533. The van der Waals surface area contributed by atoms with Crippen LogP contribution in [0.25, 0.3) is 0 Å². The van der Waals surface area contributed by atoms with Gasteiger partial charge in [-0.25, -0.2) is 0 Å². The molecule has 0 saturated heterocycles. The molecule has 3 nitrogen and oxygen atoms in total. The van der Waals surface area contributed by atoms with E-state index in [1.807, 2.05) is 45.9 Å². The molecule has 1 aromatic carbocycles. The predicted octanol–water partition coefficient (Wildman–Crippen LogP) is 3.20. The molecule has 0 spiro atoms. The number of hydrogen-bond acceptors (Lipinski definition) is 3. The summed E-state index contributed by atoms with van der Waals surface area (Å²) >= 11 is 0. The van der Waals surface area contributed by atoms with E-state index in [1.165, 1.54) is 6.92 Å². The van der Waals surface area contributed by atoms with Crippen molar-refractivity contribution in [2.45, 2.75) is 41.0 Å². The van der Waals surface area contributed by atoms with Crippen molar-refractivity contribution >= 4 is 5.97 Å². The van der Waals surface area contributed by atoms with Crippen LogP contribution >= 0.6 is 0 Å². The molecule has 0 radical (unpaired) electrons. The number of para-hydroxylation sites is 1. The number of benzene rings is 1. The zero-order valence-corrected chi connectivity index (χ0v) is 12.0. The third-order valence-electron chi connectivity index (χ3n) is 2.32. The molecular weight excluding hydrogens is 228 g/mol. The molecule has 0 atom stereocenters. The number of aliphatic hydroxyl groups excluding tert-OH is 1. The van der Waals surface area contributed by atoms with Crippen molar-refractivity contribution in [3.8, 4) is 5.75 Å². The zero-order valence-electron chi connectivity index (χ0n) is 12.0. The van der Waals surface area contributed by atoms with Crippen LogP contribution in [0, 0.1) is 5.41 Å². The van der Waals surface area contributed by atoms with E-state index in [0.717, 1.165) is 5.56 Å². The monoisotopic (exact) mass is 252 g/mol. The second kappa shape index (κ2) is 7.88. The van der Waals surface area contributed by atoms with E-state index in [-0.39, 0.29) is 18.0 Å². The highest BCUT2D eigenvalue weighted by Crippen LogP contribution is 2.27. The molecule has 1 aromatic rings. The molecule has 3 heteroatoms. The maximum atomic E-state index is 10.9. The van der Waals surface area contributed by atoms with Gasteiger partial charge in [0.05, 0.1) is 0 Å². The van der Waals surface area contributed by atoms with Crippen molar-refractivity contribution in [1.29, 1.82) is 0 Å². The molecule has 0 aliphatic carbocycles. The quantitative estimate of drug-likeness (QED) is 0.661. The first-order valence-corrected chi connectivity index (χ1v) is 6.32. The number of rotatable bonds is 4. The van der Waals surface area contributed by atoms with E-state index >= 15 is 0 Å². The molecule has 0 aliphatic rings. The summed E-state index contributed by atoms with van der Waals surface area (Å²) in [5.74, 6) is 0.255. The Morgan fingerprint density at radius 2 is 1.83 bits per heavy atom. The highest BCUT2D eigenvalue weighted by atomic mass is 16.5. The van der Waals surface area contributed by atoms with Gasteiger partial charge in [-0.1, -0.05) is 45.9 Å². The largest absolute Gasteiger partial charge is 0.426 e. The van der Waals surface area contributed by atoms with E-state index in [9.17, 15) is 9.90 Å². The van der Waals surface area contributed by atoms with E-state index in [4.69, 9.17) is 4.74 Å².